The maximum atomic E-state index is 5.93. The predicted octanol–water partition coefficient (Wildman–Crippen LogP) is 0.765. The van der Waals surface area contributed by atoms with Crippen LogP contribution < -0.4 is 5.32 Å². The van der Waals surface area contributed by atoms with Gasteiger partial charge in [-0.3, -0.25) is 4.68 Å². The van der Waals surface area contributed by atoms with Gasteiger partial charge in [0.05, 0.1) is 24.9 Å². The van der Waals surface area contributed by atoms with Crippen LogP contribution in [0, 0.1) is 0 Å². The first-order chi connectivity index (χ1) is 11.3. The number of hydrogen-bond acceptors (Lipinski definition) is 4. The van der Waals surface area contributed by atoms with E-state index in [1.807, 2.05) is 17.8 Å². The van der Waals surface area contributed by atoms with Crippen molar-refractivity contribution in [3.05, 3.63) is 18.0 Å². The lowest BCUT2D eigenvalue weighted by molar-refractivity contribution is -0.0817. The first-order valence-corrected chi connectivity index (χ1v) is 8.51. The molecule has 1 N–H and O–H groups in total. The van der Waals surface area contributed by atoms with E-state index in [-0.39, 0.29) is 12.2 Å². The van der Waals surface area contributed by atoms with E-state index in [4.69, 9.17) is 14.5 Å². The van der Waals surface area contributed by atoms with E-state index < -0.39 is 0 Å². The Balaban J connectivity index is 1.65. The molecule has 0 amide bonds. The Morgan fingerprint density at radius 3 is 2.96 bits per heavy atom. The lowest BCUT2D eigenvalue weighted by Crippen LogP contribution is -2.53. The Morgan fingerprint density at radius 1 is 1.39 bits per heavy atom. The summed E-state index contributed by atoms with van der Waals surface area (Å²) in [6.07, 6.45) is 4.42. The topological polar surface area (TPSA) is 63.9 Å². The molecule has 2 saturated heterocycles. The average Bonchev–Trinajstić information content (AvgIpc) is 3.23. The summed E-state index contributed by atoms with van der Waals surface area (Å²) < 4.78 is 13.6. The molecular weight excluding hydrogens is 294 g/mol. The first-order valence-electron chi connectivity index (χ1n) is 8.51. The summed E-state index contributed by atoms with van der Waals surface area (Å²) in [5.74, 6) is 0.944. The molecule has 2 aliphatic heterocycles. The van der Waals surface area contributed by atoms with Crippen LogP contribution in [0.15, 0.2) is 17.3 Å². The Bertz CT molecular complexity index is 524. The molecule has 1 aromatic heterocycles. The predicted molar refractivity (Wildman–Crippen MR) is 88.3 cm³/mol. The van der Waals surface area contributed by atoms with Gasteiger partial charge in [0, 0.05) is 39.5 Å². The molecule has 3 rings (SSSR count). The Morgan fingerprint density at radius 2 is 2.26 bits per heavy atom. The molecule has 2 fully saturated rings. The molecule has 2 atom stereocenters. The summed E-state index contributed by atoms with van der Waals surface area (Å²) >= 11 is 0. The van der Waals surface area contributed by atoms with Gasteiger partial charge in [-0.15, -0.1) is 0 Å². The van der Waals surface area contributed by atoms with Gasteiger partial charge in [0.15, 0.2) is 5.96 Å². The van der Waals surface area contributed by atoms with Crippen molar-refractivity contribution in [2.75, 3.05) is 32.8 Å². The zero-order chi connectivity index (χ0) is 16.1. The van der Waals surface area contributed by atoms with Gasteiger partial charge in [0.1, 0.15) is 6.10 Å². The smallest absolute Gasteiger partial charge is 0.194 e. The number of guanidine groups is 1. The summed E-state index contributed by atoms with van der Waals surface area (Å²) in [6.45, 7) is 6.85. The molecule has 2 aliphatic rings. The van der Waals surface area contributed by atoms with E-state index >= 15 is 0 Å². The van der Waals surface area contributed by atoms with Gasteiger partial charge in [-0.1, -0.05) is 0 Å². The van der Waals surface area contributed by atoms with Gasteiger partial charge in [0.2, 0.25) is 0 Å². The van der Waals surface area contributed by atoms with E-state index in [1.54, 1.807) is 6.20 Å². The number of aryl methyl sites for hydroxylation is 1. The van der Waals surface area contributed by atoms with Gasteiger partial charge in [-0.05, 0) is 25.8 Å². The lowest BCUT2D eigenvalue weighted by atomic mass is 10.1. The molecule has 23 heavy (non-hydrogen) atoms. The molecule has 0 spiro atoms. The lowest BCUT2D eigenvalue weighted by Gasteiger charge is -2.37. The van der Waals surface area contributed by atoms with Crippen molar-refractivity contribution < 1.29 is 9.47 Å². The molecule has 2 unspecified atom stereocenters. The van der Waals surface area contributed by atoms with Crippen molar-refractivity contribution in [1.29, 1.82) is 0 Å². The third-order valence-electron chi connectivity index (χ3n) is 4.42. The molecule has 7 nitrogen and oxygen atoms in total. The quantitative estimate of drug-likeness (QED) is 0.655. The summed E-state index contributed by atoms with van der Waals surface area (Å²) in [6, 6.07) is 2.00. The molecule has 7 heteroatoms. The van der Waals surface area contributed by atoms with Gasteiger partial charge in [-0.2, -0.15) is 5.10 Å². The molecule has 0 aromatic carbocycles. The summed E-state index contributed by atoms with van der Waals surface area (Å²) in [7, 11) is 1.94. The van der Waals surface area contributed by atoms with Gasteiger partial charge < -0.3 is 19.7 Å². The molecule has 3 heterocycles. The number of aliphatic imine (C=N–C) groups is 1. The highest BCUT2D eigenvalue weighted by atomic mass is 16.5. The minimum Gasteiger partial charge on any atom is -0.375 e. The number of rotatable bonds is 4. The second kappa shape index (κ2) is 7.79. The number of aromatic nitrogens is 2. The largest absolute Gasteiger partial charge is 0.375 e. The third kappa shape index (κ3) is 4.03. The van der Waals surface area contributed by atoms with E-state index in [1.165, 1.54) is 0 Å². The number of hydrogen-bond donors (Lipinski definition) is 1. The van der Waals surface area contributed by atoms with Crippen molar-refractivity contribution in [2.24, 2.45) is 12.0 Å². The van der Waals surface area contributed by atoms with Crippen LogP contribution in [0.5, 0.6) is 0 Å². The molecule has 1 aromatic rings. The van der Waals surface area contributed by atoms with Crippen LogP contribution in [0.4, 0.5) is 0 Å². The SMILES string of the molecule is CCNC(=NCc1ccnn1C)N1CCOC(C2CCCO2)C1. The molecular formula is C16H27N5O2. The van der Waals surface area contributed by atoms with Crippen molar-refractivity contribution >= 4 is 5.96 Å². The minimum absolute atomic E-state index is 0.145. The highest BCUT2D eigenvalue weighted by molar-refractivity contribution is 5.80. The number of morpholine rings is 1. The Labute approximate surface area is 137 Å². The molecule has 128 valence electrons. The fraction of sp³-hybridized carbons (Fsp3) is 0.750. The van der Waals surface area contributed by atoms with Crippen LogP contribution in [0.2, 0.25) is 0 Å². The average molecular weight is 321 g/mol. The zero-order valence-corrected chi connectivity index (χ0v) is 14.1. The second-order valence-electron chi connectivity index (χ2n) is 6.02. The first kappa shape index (κ1) is 16.3. The van der Waals surface area contributed by atoms with Gasteiger partial charge in [0.25, 0.3) is 0 Å². The third-order valence-corrected chi connectivity index (χ3v) is 4.42. The zero-order valence-electron chi connectivity index (χ0n) is 14.1. The maximum Gasteiger partial charge on any atom is 0.194 e. The number of nitrogens with one attached hydrogen (secondary N) is 1. The van der Waals surface area contributed by atoms with Gasteiger partial charge >= 0.3 is 0 Å². The van der Waals surface area contributed by atoms with Crippen molar-refractivity contribution in [3.63, 3.8) is 0 Å². The van der Waals surface area contributed by atoms with Crippen molar-refractivity contribution in [2.45, 2.75) is 38.5 Å². The fourth-order valence-corrected chi connectivity index (χ4v) is 3.13. The number of ether oxygens (including phenoxy) is 2. The Hall–Kier alpha value is -1.60. The van der Waals surface area contributed by atoms with Crippen LogP contribution in [-0.2, 0) is 23.1 Å². The minimum atomic E-state index is 0.145. The van der Waals surface area contributed by atoms with Crippen LogP contribution in [-0.4, -0.2) is 65.7 Å². The van der Waals surface area contributed by atoms with E-state index in [2.05, 4.69) is 22.2 Å². The summed E-state index contributed by atoms with van der Waals surface area (Å²) in [5, 5.41) is 7.59. The molecule has 0 radical (unpaired) electrons. The van der Waals surface area contributed by atoms with E-state index in [0.29, 0.717) is 6.54 Å². The Kier molecular flexibility index (Phi) is 5.51. The fourth-order valence-electron chi connectivity index (χ4n) is 3.13. The second-order valence-corrected chi connectivity index (χ2v) is 6.02. The van der Waals surface area contributed by atoms with Crippen LogP contribution >= 0.6 is 0 Å². The highest BCUT2D eigenvalue weighted by Gasteiger charge is 2.32. The summed E-state index contributed by atoms with van der Waals surface area (Å²) in [4.78, 5) is 7.06. The highest BCUT2D eigenvalue weighted by Crippen LogP contribution is 2.21. The summed E-state index contributed by atoms with van der Waals surface area (Å²) in [5.41, 5.74) is 1.10. The molecule has 0 saturated carbocycles. The van der Waals surface area contributed by atoms with Gasteiger partial charge in [-0.25, -0.2) is 4.99 Å². The standard InChI is InChI=1S/C16H27N5O2/c1-3-17-16(18-11-13-6-7-19-20(13)2)21-8-10-23-15(12-21)14-5-4-9-22-14/h6-7,14-15H,3-5,8-12H2,1-2H3,(H,17,18). The molecule has 0 bridgehead atoms. The normalized spacial score (nSPS) is 25.8. The van der Waals surface area contributed by atoms with E-state index in [9.17, 15) is 0 Å². The molecule has 0 aliphatic carbocycles. The van der Waals surface area contributed by atoms with Crippen molar-refractivity contribution in [1.82, 2.24) is 20.0 Å². The van der Waals surface area contributed by atoms with Crippen molar-refractivity contribution in [3.8, 4) is 0 Å². The van der Waals surface area contributed by atoms with Crippen LogP contribution in [0.25, 0.3) is 0 Å². The number of nitrogens with zero attached hydrogens (tertiary/aromatic N) is 4. The van der Waals surface area contributed by atoms with Crippen LogP contribution in [0.1, 0.15) is 25.5 Å². The van der Waals surface area contributed by atoms with Crippen LogP contribution in [0.3, 0.4) is 0 Å². The van der Waals surface area contributed by atoms with E-state index in [0.717, 1.165) is 57.3 Å². The maximum absolute atomic E-state index is 5.93. The monoisotopic (exact) mass is 321 g/mol.